The van der Waals surface area contributed by atoms with E-state index in [9.17, 15) is 0 Å². The molecule has 4 aromatic rings. The zero-order chi connectivity index (χ0) is 20.9. The van der Waals surface area contributed by atoms with Gasteiger partial charge in [-0.25, -0.2) is 4.42 Å². The summed E-state index contributed by atoms with van der Waals surface area (Å²) in [6.07, 6.45) is 4.00. The average Bonchev–Trinajstić information content (AvgIpc) is 2.82. The van der Waals surface area contributed by atoms with Gasteiger partial charge in [0, 0.05) is 6.08 Å². The highest BCUT2D eigenvalue weighted by Gasteiger charge is 2.22. The van der Waals surface area contributed by atoms with Crippen LogP contribution in [0.4, 0.5) is 0 Å². The molecule has 0 amide bonds. The van der Waals surface area contributed by atoms with Gasteiger partial charge in [0.1, 0.15) is 11.5 Å². The molecule has 0 aliphatic carbocycles. The minimum atomic E-state index is 0.702. The molecule has 4 rings (SSSR count). The smallest absolute Gasteiger partial charge is 0.402 e. The van der Waals surface area contributed by atoms with Crippen molar-refractivity contribution in [2.45, 2.75) is 0 Å². The highest BCUT2D eigenvalue weighted by Crippen LogP contribution is 2.35. The fourth-order valence-corrected chi connectivity index (χ4v) is 3.31. The molecule has 4 heteroatoms. The van der Waals surface area contributed by atoms with E-state index in [1.165, 1.54) is 0 Å². The van der Waals surface area contributed by atoms with Crippen molar-refractivity contribution < 1.29 is 18.6 Å². The van der Waals surface area contributed by atoms with Crippen molar-refractivity contribution in [3.8, 4) is 28.4 Å². The van der Waals surface area contributed by atoms with E-state index in [1.54, 1.807) is 21.3 Å². The molecule has 150 valence electrons. The number of methoxy groups -OCH3 is 3. The minimum absolute atomic E-state index is 0.702. The van der Waals surface area contributed by atoms with Gasteiger partial charge >= 0.3 is 11.3 Å². The molecule has 0 bridgehead atoms. The van der Waals surface area contributed by atoms with Gasteiger partial charge in [0.05, 0.1) is 32.3 Å². The summed E-state index contributed by atoms with van der Waals surface area (Å²) in [7, 11) is 4.97. The summed E-state index contributed by atoms with van der Waals surface area (Å²) >= 11 is 0. The van der Waals surface area contributed by atoms with E-state index in [2.05, 4.69) is 6.07 Å². The molecule has 1 heterocycles. The van der Waals surface area contributed by atoms with Gasteiger partial charge in [0.15, 0.2) is 0 Å². The van der Waals surface area contributed by atoms with Crippen LogP contribution in [0.3, 0.4) is 0 Å². The number of para-hydroxylation sites is 1. The lowest BCUT2D eigenvalue weighted by atomic mass is 10.0. The number of hydrogen-bond acceptors (Lipinski definition) is 3. The van der Waals surface area contributed by atoms with Gasteiger partial charge in [-0.15, -0.1) is 0 Å². The molecule has 4 nitrogen and oxygen atoms in total. The predicted octanol–water partition coefficient (Wildman–Crippen LogP) is 6.58. The second-order valence-electron chi connectivity index (χ2n) is 6.74. The van der Waals surface area contributed by atoms with Crippen LogP contribution in [0.1, 0.15) is 11.3 Å². The van der Waals surface area contributed by atoms with Gasteiger partial charge < -0.3 is 14.2 Å². The van der Waals surface area contributed by atoms with Crippen LogP contribution < -0.4 is 14.2 Å². The Bertz CT molecular complexity index is 1180. The maximum Gasteiger partial charge on any atom is 0.402 e. The number of hydrogen-bond donors (Lipinski definition) is 0. The summed E-state index contributed by atoms with van der Waals surface area (Å²) in [6, 6.07) is 23.8. The third kappa shape index (κ3) is 3.98. The van der Waals surface area contributed by atoms with Crippen LogP contribution in [0, 0.1) is 0 Å². The van der Waals surface area contributed by atoms with Crippen molar-refractivity contribution in [1.29, 1.82) is 0 Å². The second-order valence-corrected chi connectivity index (χ2v) is 6.74. The van der Waals surface area contributed by atoms with E-state index in [0.717, 1.165) is 39.3 Å². The van der Waals surface area contributed by atoms with Gasteiger partial charge in [-0.2, -0.15) is 0 Å². The van der Waals surface area contributed by atoms with Crippen LogP contribution in [-0.4, -0.2) is 21.3 Å². The SMILES string of the molecule is COc1ccc(/C=C/c2[o+]c3c(OC)cccc3cc2-c2ccc(OC)cc2)cc1. The topological polar surface area (TPSA) is 39.0 Å². The Morgan fingerprint density at radius 1 is 0.700 bits per heavy atom. The normalized spacial score (nSPS) is 11.0. The fraction of sp³-hybridized carbons (Fsp3) is 0.115. The maximum atomic E-state index is 6.32. The lowest BCUT2D eigenvalue weighted by Gasteiger charge is -2.04. The van der Waals surface area contributed by atoms with Gasteiger partial charge in [-0.05, 0) is 59.7 Å². The highest BCUT2D eigenvalue weighted by atomic mass is 16.5. The summed E-state index contributed by atoms with van der Waals surface area (Å²) < 4.78 is 22.4. The first-order valence-corrected chi connectivity index (χ1v) is 9.62. The molecule has 30 heavy (non-hydrogen) atoms. The molecule has 0 unspecified atom stereocenters. The summed E-state index contributed by atoms with van der Waals surface area (Å²) in [6.45, 7) is 0. The van der Waals surface area contributed by atoms with Crippen LogP contribution in [0.25, 0.3) is 34.2 Å². The molecule has 0 fully saturated rings. The zero-order valence-electron chi connectivity index (χ0n) is 17.2. The molecule has 0 aliphatic rings. The van der Waals surface area contributed by atoms with E-state index in [4.69, 9.17) is 18.6 Å². The molecule has 0 radical (unpaired) electrons. The van der Waals surface area contributed by atoms with Crippen LogP contribution in [0.15, 0.2) is 77.2 Å². The Balaban J connectivity index is 1.83. The predicted molar refractivity (Wildman–Crippen MR) is 121 cm³/mol. The quantitative estimate of drug-likeness (QED) is 0.343. The molecule has 0 spiro atoms. The van der Waals surface area contributed by atoms with Crippen molar-refractivity contribution in [2.75, 3.05) is 21.3 Å². The third-order valence-corrected chi connectivity index (χ3v) is 4.95. The third-order valence-electron chi connectivity index (χ3n) is 4.95. The van der Waals surface area contributed by atoms with Crippen molar-refractivity contribution in [3.63, 3.8) is 0 Å². The summed E-state index contributed by atoms with van der Waals surface area (Å²) in [5.41, 5.74) is 3.79. The number of ether oxygens (including phenoxy) is 3. The van der Waals surface area contributed by atoms with Crippen LogP contribution in [0.2, 0.25) is 0 Å². The monoisotopic (exact) mass is 399 g/mol. The minimum Gasteiger partial charge on any atom is -0.497 e. The summed E-state index contributed by atoms with van der Waals surface area (Å²) in [4.78, 5) is 0. The van der Waals surface area contributed by atoms with Crippen molar-refractivity contribution in [2.24, 2.45) is 0 Å². The van der Waals surface area contributed by atoms with Gasteiger partial charge in [-0.1, -0.05) is 30.3 Å². The lowest BCUT2D eigenvalue weighted by Crippen LogP contribution is -1.89. The molecule has 0 saturated carbocycles. The van der Waals surface area contributed by atoms with Crippen LogP contribution in [0.5, 0.6) is 17.2 Å². The van der Waals surface area contributed by atoms with Crippen molar-refractivity contribution in [3.05, 3.63) is 84.1 Å². The number of rotatable bonds is 6. The van der Waals surface area contributed by atoms with Crippen LogP contribution >= 0.6 is 0 Å². The summed E-state index contributed by atoms with van der Waals surface area (Å²) in [5, 5.41) is 0.974. The fourth-order valence-electron chi connectivity index (χ4n) is 3.31. The Labute approximate surface area is 176 Å². The average molecular weight is 399 g/mol. The van der Waals surface area contributed by atoms with E-state index in [1.807, 2.05) is 78.9 Å². The van der Waals surface area contributed by atoms with Crippen molar-refractivity contribution >= 4 is 23.1 Å². The maximum absolute atomic E-state index is 6.32. The largest absolute Gasteiger partial charge is 0.497 e. The Hall–Kier alpha value is -3.79. The molecule has 0 saturated heterocycles. The highest BCUT2D eigenvalue weighted by molar-refractivity contribution is 5.90. The van der Waals surface area contributed by atoms with Gasteiger partial charge in [0.25, 0.3) is 0 Å². The summed E-state index contributed by atoms with van der Waals surface area (Å²) in [5.74, 6) is 3.08. The lowest BCUT2D eigenvalue weighted by molar-refractivity contribution is 0.409. The number of fused-ring (bicyclic) bond motifs is 1. The van der Waals surface area contributed by atoms with Gasteiger partial charge in [-0.3, -0.25) is 0 Å². The molecule has 3 aromatic carbocycles. The first-order chi connectivity index (χ1) is 14.7. The first-order valence-electron chi connectivity index (χ1n) is 9.62. The molecule has 0 aliphatic heterocycles. The van der Waals surface area contributed by atoms with Crippen LogP contribution in [-0.2, 0) is 0 Å². The Morgan fingerprint density at radius 3 is 2.00 bits per heavy atom. The molecular weight excluding hydrogens is 376 g/mol. The van der Waals surface area contributed by atoms with E-state index >= 15 is 0 Å². The van der Waals surface area contributed by atoms with E-state index in [0.29, 0.717) is 11.3 Å². The first kappa shape index (κ1) is 19.5. The van der Waals surface area contributed by atoms with E-state index < -0.39 is 0 Å². The standard InChI is InChI=1S/C26H23O4/c1-27-21-12-7-18(8-13-21)9-16-24-23(19-10-14-22(28-2)15-11-19)17-20-5-4-6-25(29-3)26(20)30-24/h4-17H,1-3H3/q+1/b16-9+. The molecule has 0 atom stereocenters. The number of benzene rings is 3. The Morgan fingerprint density at radius 2 is 1.37 bits per heavy atom. The van der Waals surface area contributed by atoms with Crippen molar-refractivity contribution in [1.82, 2.24) is 0 Å². The van der Waals surface area contributed by atoms with E-state index in [-0.39, 0.29) is 0 Å². The molecule has 1 aromatic heterocycles. The Kier molecular flexibility index (Phi) is 5.66. The molecule has 0 N–H and O–H groups in total. The molecular formula is C26H23O4+. The second kappa shape index (κ2) is 8.70. The zero-order valence-corrected chi connectivity index (χ0v) is 17.2. The van der Waals surface area contributed by atoms with Gasteiger partial charge in [0.2, 0.25) is 5.75 Å².